The number of hydrogen-bond acceptors (Lipinski definition) is 0. The largest absolute Gasteiger partial charge is 0.207 e. The highest BCUT2D eigenvalue weighted by Gasteiger charge is 1.96. The summed E-state index contributed by atoms with van der Waals surface area (Å²) in [5.74, 6) is -0.182. The van der Waals surface area contributed by atoms with Gasteiger partial charge >= 0.3 is 0 Å². The van der Waals surface area contributed by atoms with Crippen LogP contribution in [0.25, 0.3) is 6.08 Å². The van der Waals surface area contributed by atoms with Gasteiger partial charge in [0, 0.05) is 0 Å². The lowest BCUT2D eigenvalue weighted by molar-refractivity contribution is 0.627. The van der Waals surface area contributed by atoms with E-state index in [0.717, 1.165) is 12.0 Å². The molecule has 0 aliphatic carbocycles. The number of rotatable bonds is 3. The van der Waals surface area contributed by atoms with Crippen LogP contribution in [0.4, 0.5) is 4.39 Å². The van der Waals surface area contributed by atoms with E-state index >= 15 is 0 Å². The van der Waals surface area contributed by atoms with E-state index in [-0.39, 0.29) is 5.82 Å². The molecule has 0 radical (unpaired) electrons. The molecule has 0 N–H and O–H groups in total. The summed E-state index contributed by atoms with van der Waals surface area (Å²) in [7, 11) is 0. The van der Waals surface area contributed by atoms with E-state index in [1.807, 2.05) is 30.3 Å². The summed E-state index contributed by atoms with van der Waals surface area (Å²) in [5, 5.41) is 0. The number of benzene rings is 2. The van der Waals surface area contributed by atoms with E-state index in [9.17, 15) is 4.39 Å². The second kappa shape index (κ2) is 5.44. The van der Waals surface area contributed by atoms with Gasteiger partial charge in [0.05, 0.1) is 0 Å². The van der Waals surface area contributed by atoms with E-state index < -0.39 is 0 Å². The Morgan fingerprint density at radius 2 is 1.65 bits per heavy atom. The van der Waals surface area contributed by atoms with Gasteiger partial charge in [0.15, 0.2) is 0 Å². The molecule has 1 heteroatoms. The van der Waals surface area contributed by atoms with Crippen molar-refractivity contribution in [2.45, 2.75) is 13.3 Å². The third kappa shape index (κ3) is 3.56. The van der Waals surface area contributed by atoms with Crippen LogP contribution in [-0.2, 0) is 6.42 Å². The van der Waals surface area contributed by atoms with Gasteiger partial charge in [-0.05, 0) is 36.6 Å². The smallest absolute Gasteiger partial charge is 0.123 e. The van der Waals surface area contributed by atoms with Gasteiger partial charge in [0.2, 0.25) is 0 Å². The second-order valence-corrected chi connectivity index (χ2v) is 4.20. The van der Waals surface area contributed by atoms with Crippen LogP contribution in [0.1, 0.15) is 18.1 Å². The summed E-state index contributed by atoms with van der Waals surface area (Å²) in [6.45, 7) is 2.09. The zero-order valence-corrected chi connectivity index (χ0v) is 9.86. The highest BCUT2D eigenvalue weighted by Crippen LogP contribution is 2.12. The van der Waals surface area contributed by atoms with Crippen LogP contribution in [0.2, 0.25) is 0 Å². The first-order valence-corrected chi connectivity index (χ1v) is 5.71. The van der Waals surface area contributed by atoms with Crippen molar-refractivity contribution in [3.8, 4) is 0 Å². The van der Waals surface area contributed by atoms with E-state index in [1.54, 1.807) is 0 Å². The predicted octanol–water partition coefficient (Wildman–Crippen LogP) is 4.47. The molecule has 0 saturated heterocycles. The first-order chi connectivity index (χ1) is 8.24. The summed E-state index contributed by atoms with van der Waals surface area (Å²) in [4.78, 5) is 0. The molecule has 0 fully saturated rings. The van der Waals surface area contributed by atoms with Crippen molar-refractivity contribution >= 4 is 6.08 Å². The molecule has 0 bridgehead atoms. The Kier molecular flexibility index (Phi) is 3.71. The van der Waals surface area contributed by atoms with Crippen LogP contribution in [-0.4, -0.2) is 0 Å². The normalized spacial score (nSPS) is 11.5. The number of allylic oxidation sites excluding steroid dienone is 1. The maximum absolute atomic E-state index is 12.8. The standard InChI is InChI=1S/C16H15F/c1-13(11-14-5-3-2-4-6-14)12-15-7-9-16(17)10-8-15/h2-11H,12H2,1H3/b13-11+. The van der Waals surface area contributed by atoms with Crippen LogP contribution in [0, 0.1) is 5.82 Å². The van der Waals surface area contributed by atoms with Crippen LogP contribution >= 0.6 is 0 Å². The molecule has 0 unspecified atom stereocenters. The van der Waals surface area contributed by atoms with E-state index in [2.05, 4.69) is 25.1 Å². The van der Waals surface area contributed by atoms with Gasteiger partial charge in [-0.2, -0.15) is 0 Å². The fourth-order valence-corrected chi connectivity index (χ4v) is 1.81. The second-order valence-electron chi connectivity index (χ2n) is 4.20. The van der Waals surface area contributed by atoms with Gasteiger partial charge in [-0.1, -0.05) is 54.1 Å². The van der Waals surface area contributed by atoms with Gasteiger partial charge in [0.1, 0.15) is 5.82 Å². The van der Waals surface area contributed by atoms with Crippen molar-refractivity contribution in [2.75, 3.05) is 0 Å². The molecule has 0 saturated carbocycles. The SMILES string of the molecule is C/C(=C\c1ccccc1)Cc1ccc(F)cc1. The Morgan fingerprint density at radius 1 is 1.00 bits per heavy atom. The van der Waals surface area contributed by atoms with Crippen molar-refractivity contribution in [3.63, 3.8) is 0 Å². The molecule has 0 amide bonds. The van der Waals surface area contributed by atoms with Gasteiger partial charge in [0.25, 0.3) is 0 Å². The zero-order valence-electron chi connectivity index (χ0n) is 9.86. The highest BCUT2D eigenvalue weighted by atomic mass is 19.1. The van der Waals surface area contributed by atoms with Gasteiger partial charge < -0.3 is 0 Å². The van der Waals surface area contributed by atoms with Gasteiger partial charge in [-0.25, -0.2) is 4.39 Å². The molecule has 0 aliphatic rings. The minimum atomic E-state index is -0.182. The molecule has 0 aromatic heterocycles. The fraction of sp³-hybridized carbons (Fsp3) is 0.125. The Morgan fingerprint density at radius 3 is 2.29 bits per heavy atom. The average Bonchev–Trinajstić information content (AvgIpc) is 2.33. The third-order valence-corrected chi connectivity index (χ3v) is 2.61. The van der Waals surface area contributed by atoms with E-state index in [4.69, 9.17) is 0 Å². The fourth-order valence-electron chi connectivity index (χ4n) is 1.81. The van der Waals surface area contributed by atoms with Crippen molar-refractivity contribution < 1.29 is 4.39 Å². The van der Waals surface area contributed by atoms with E-state index in [0.29, 0.717) is 0 Å². The minimum Gasteiger partial charge on any atom is -0.207 e. The molecule has 17 heavy (non-hydrogen) atoms. The van der Waals surface area contributed by atoms with Crippen molar-refractivity contribution in [3.05, 3.63) is 77.1 Å². The molecule has 2 aromatic rings. The van der Waals surface area contributed by atoms with Crippen LogP contribution in [0.3, 0.4) is 0 Å². The predicted molar refractivity (Wildman–Crippen MR) is 70.2 cm³/mol. The van der Waals surface area contributed by atoms with Crippen LogP contribution in [0.5, 0.6) is 0 Å². The number of halogens is 1. The molecule has 86 valence electrons. The quantitative estimate of drug-likeness (QED) is 0.724. The molecule has 0 aliphatic heterocycles. The summed E-state index contributed by atoms with van der Waals surface area (Å²) in [6.07, 6.45) is 3.01. The lowest BCUT2D eigenvalue weighted by atomic mass is 10.0. The van der Waals surface area contributed by atoms with Crippen LogP contribution < -0.4 is 0 Å². The van der Waals surface area contributed by atoms with Crippen molar-refractivity contribution in [1.82, 2.24) is 0 Å². The molecule has 0 heterocycles. The van der Waals surface area contributed by atoms with Crippen LogP contribution in [0.15, 0.2) is 60.2 Å². The maximum atomic E-state index is 12.8. The monoisotopic (exact) mass is 226 g/mol. The molecule has 2 aromatic carbocycles. The summed E-state index contributed by atoms with van der Waals surface area (Å²) < 4.78 is 12.8. The molecule has 0 nitrogen and oxygen atoms in total. The molecule has 0 spiro atoms. The first-order valence-electron chi connectivity index (χ1n) is 5.71. The van der Waals surface area contributed by atoms with Crippen molar-refractivity contribution in [2.24, 2.45) is 0 Å². The molecular formula is C16H15F. The Labute approximate surface area is 101 Å². The van der Waals surface area contributed by atoms with Gasteiger partial charge in [-0.15, -0.1) is 0 Å². The highest BCUT2D eigenvalue weighted by molar-refractivity contribution is 5.52. The lowest BCUT2D eigenvalue weighted by Gasteiger charge is -2.02. The minimum absolute atomic E-state index is 0.182. The first kappa shape index (κ1) is 11.6. The summed E-state index contributed by atoms with van der Waals surface area (Å²) in [5.41, 5.74) is 3.60. The van der Waals surface area contributed by atoms with E-state index in [1.165, 1.54) is 23.3 Å². The lowest BCUT2D eigenvalue weighted by Crippen LogP contribution is -1.87. The molecular weight excluding hydrogens is 211 g/mol. The summed E-state index contributed by atoms with van der Waals surface area (Å²) in [6, 6.07) is 16.9. The summed E-state index contributed by atoms with van der Waals surface area (Å²) >= 11 is 0. The van der Waals surface area contributed by atoms with Crippen molar-refractivity contribution in [1.29, 1.82) is 0 Å². The molecule has 0 atom stereocenters. The Balaban J connectivity index is 2.09. The topological polar surface area (TPSA) is 0 Å². The maximum Gasteiger partial charge on any atom is 0.123 e. The third-order valence-electron chi connectivity index (χ3n) is 2.61. The Hall–Kier alpha value is -1.89. The molecule has 2 rings (SSSR count). The van der Waals surface area contributed by atoms with Gasteiger partial charge in [-0.3, -0.25) is 0 Å². The zero-order chi connectivity index (χ0) is 12.1. The number of hydrogen-bond donors (Lipinski definition) is 0. The average molecular weight is 226 g/mol. The Bertz CT molecular complexity index is 495.